The summed E-state index contributed by atoms with van der Waals surface area (Å²) in [4.78, 5) is 12.5. The van der Waals surface area contributed by atoms with Crippen molar-refractivity contribution in [2.45, 2.75) is 54.1 Å². The molecular weight excluding hydrogens is 287 g/mol. The Labute approximate surface area is 129 Å². The fraction of sp³-hybridized carbons (Fsp3) is 0.938. The van der Waals surface area contributed by atoms with E-state index in [1.165, 1.54) is 6.66 Å². The molecule has 1 aliphatic carbocycles. The zero-order valence-corrected chi connectivity index (χ0v) is 15.4. The Balaban J connectivity index is 2.75. The van der Waals surface area contributed by atoms with Crippen LogP contribution in [0.15, 0.2) is 0 Å². The zero-order chi connectivity index (χ0) is 16.4. The Morgan fingerprint density at radius 3 is 2.24 bits per heavy atom. The van der Waals surface area contributed by atoms with Crippen LogP contribution in [0.3, 0.4) is 0 Å². The lowest BCUT2D eigenvalue weighted by Crippen LogP contribution is -2.47. The highest BCUT2D eigenvalue weighted by Gasteiger charge is 2.45. The second-order valence-electron chi connectivity index (χ2n) is 6.87. The third-order valence-corrected chi connectivity index (χ3v) is 6.48. The number of ketones is 1. The average Bonchev–Trinajstić information content (AvgIpc) is 2.45. The summed E-state index contributed by atoms with van der Waals surface area (Å²) in [5.74, 6) is 1.07. The van der Waals surface area contributed by atoms with Crippen molar-refractivity contribution < 1.29 is 18.4 Å². The predicted molar refractivity (Wildman–Crippen MR) is 85.5 cm³/mol. The van der Waals surface area contributed by atoms with E-state index in [0.717, 1.165) is 6.42 Å². The molecule has 0 heterocycles. The third-order valence-electron chi connectivity index (χ3n) is 5.25. The van der Waals surface area contributed by atoms with Crippen LogP contribution in [-0.2, 0) is 18.4 Å². The Kier molecular flexibility index (Phi) is 6.64. The molecule has 7 atom stereocenters. The molecule has 1 aliphatic rings. The zero-order valence-electron chi connectivity index (χ0n) is 14.5. The van der Waals surface area contributed by atoms with Crippen molar-refractivity contribution in [3.8, 4) is 0 Å². The lowest BCUT2D eigenvalue weighted by molar-refractivity contribution is -0.141. The van der Waals surface area contributed by atoms with Gasteiger partial charge in [0, 0.05) is 12.6 Å². The summed E-state index contributed by atoms with van der Waals surface area (Å²) in [5, 5.41) is 0. The summed E-state index contributed by atoms with van der Waals surface area (Å²) < 4.78 is 23.6. The molecule has 0 amide bonds. The lowest BCUT2D eigenvalue weighted by atomic mass is 9.67. The van der Waals surface area contributed by atoms with Crippen molar-refractivity contribution in [3.05, 3.63) is 0 Å². The lowest BCUT2D eigenvalue weighted by Gasteiger charge is -2.41. The quantitative estimate of drug-likeness (QED) is 0.682. The molecule has 1 rings (SSSR count). The second kappa shape index (κ2) is 7.39. The normalized spacial score (nSPS) is 38.0. The molecule has 5 heteroatoms. The summed E-state index contributed by atoms with van der Waals surface area (Å²) in [5.41, 5.74) is 0. The van der Waals surface area contributed by atoms with Gasteiger partial charge in [-0.1, -0.05) is 48.0 Å². The standard InChI is InChI=1S/C16H31O4P/c1-8-10(2)9-19-21(7,18)20-16-14(6)12(4)11(3)13(5)15(16)17/h10-14,16H,8-9H2,1-7H3/t10-,11?,12?,13?,14?,16?,21?/m1/s1. The van der Waals surface area contributed by atoms with Crippen LogP contribution in [0.25, 0.3) is 0 Å². The Bertz CT molecular complexity index is 409. The van der Waals surface area contributed by atoms with Gasteiger partial charge in [0.2, 0.25) is 0 Å². The first kappa shape index (κ1) is 18.9. The third kappa shape index (κ3) is 4.64. The topological polar surface area (TPSA) is 52.6 Å². The molecule has 21 heavy (non-hydrogen) atoms. The minimum atomic E-state index is -3.20. The molecule has 4 nitrogen and oxygen atoms in total. The fourth-order valence-electron chi connectivity index (χ4n) is 2.75. The van der Waals surface area contributed by atoms with Crippen LogP contribution in [0, 0.1) is 29.6 Å². The minimum Gasteiger partial charge on any atom is -0.308 e. The molecule has 1 saturated carbocycles. The van der Waals surface area contributed by atoms with Crippen LogP contribution >= 0.6 is 7.60 Å². The van der Waals surface area contributed by atoms with Gasteiger partial charge >= 0.3 is 7.60 Å². The molecule has 0 aromatic carbocycles. The second-order valence-corrected chi connectivity index (χ2v) is 8.89. The molecule has 0 bridgehead atoms. The van der Waals surface area contributed by atoms with E-state index in [1.54, 1.807) is 0 Å². The Morgan fingerprint density at radius 2 is 1.71 bits per heavy atom. The predicted octanol–water partition coefficient (Wildman–Crippen LogP) is 4.38. The van der Waals surface area contributed by atoms with Crippen molar-refractivity contribution in [2.24, 2.45) is 29.6 Å². The number of hydrogen-bond donors (Lipinski definition) is 0. The summed E-state index contributed by atoms with van der Waals surface area (Å²) in [6.07, 6.45) is 0.351. The van der Waals surface area contributed by atoms with E-state index in [9.17, 15) is 9.36 Å². The van der Waals surface area contributed by atoms with Gasteiger partial charge in [0.1, 0.15) is 6.10 Å². The van der Waals surface area contributed by atoms with E-state index < -0.39 is 13.7 Å². The van der Waals surface area contributed by atoms with Gasteiger partial charge < -0.3 is 4.52 Å². The molecule has 124 valence electrons. The molecule has 0 aromatic rings. The first-order valence-corrected chi connectivity index (χ1v) is 10.0. The van der Waals surface area contributed by atoms with Crippen LogP contribution in [-0.4, -0.2) is 25.2 Å². The van der Waals surface area contributed by atoms with E-state index in [2.05, 4.69) is 20.8 Å². The van der Waals surface area contributed by atoms with Gasteiger partial charge in [0.05, 0.1) is 6.61 Å². The maximum atomic E-state index is 12.5. The van der Waals surface area contributed by atoms with Crippen LogP contribution in [0.5, 0.6) is 0 Å². The number of carbonyl (C=O) groups excluding carboxylic acids is 1. The van der Waals surface area contributed by atoms with Crippen molar-refractivity contribution >= 4 is 13.4 Å². The maximum Gasteiger partial charge on any atom is 0.328 e. The van der Waals surface area contributed by atoms with E-state index in [-0.39, 0.29) is 17.6 Å². The van der Waals surface area contributed by atoms with Gasteiger partial charge in [0.15, 0.2) is 5.78 Å². The van der Waals surface area contributed by atoms with Crippen molar-refractivity contribution in [1.29, 1.82) is 0 Å². The molecule has 0 aromatic heterocycles. The van der Waals surface area contributed by atoms with Crippen molar-refractivity contribution in [1.82, 2.24) is 0 Å². The van der Waals surface area contributed by atoms with Crippen molar-refractivity contribution in [3.63, 3.8) is 0 Å². The monoisotopic (exact) mass is 318 g/mol. The van der Waals surface area contributed by atoms with Gasteiger partial charge in [-0.15, -0.1) is 0 Å². The van der Waals surface area contributed by atoms with Gasteiger partial charge in [-0.05, 0) is 23.7 Å². The highest BCUT2D eigenvalue weighted by atomic mass is 31.2. The fourth-order valence-corrected chi connectivity index (χ4v) is 4.05. The number of hydrogen-bond acceptors (Lipinski definition) is 4. The SMILES string of the molecule is CC[C@@H](C)COP(C)(=O)OC1C(=O)C(C)C(C)C(C)C1C. The highest BCUT2D eigenvalue weighted by Crippen LogP contribution is 2.50. The summed E-state index contributed by atoms with van der Waals surface area (Å²) >= 11 is 0. The number of Topliss-reactive ketones (excluding diaryl/α,β-unsaturated/α-hetero) is 1. The van der Waals surface area contributed by atoms with E-state index in [1.807, 2.05) is 20.8 Å². The Morgan fingerprint density at radius 1 is 1.14 bits per heavy atom. The van der Waals surface area contributed by atoms with Gasteiger partial charge in [0.25, 0.3) is 0 Å². The van der Waals surface area contributed by atoms with Crippen LogP contribution in [0.1, 0.15) is 48.0 Å². The molecule has 6 unspecified atom stereocenters. The molecule has 0 radical (unpaired) electrons. The summed E-state index contributed by atoms with van der Waals surface area (Å²) in [6, 6.07) is 0. The van der Waals surface area contributed by atoms with E-state index >= 15 is 0 Å². The molecule has 0 saturated heterocycles. The smallest absolute Gasteiger partial charge is 0.308 e. The summed E-state index contributed by atoms with van der Waals surface area (Å²) in [6.45, 7) is 14.2. The summed E-state index contributed by atoms with van der Waals surface area (Å²) in [7, 11) is -3.20. The largest absolute Gasteiger partial charge is 0.328 e. The first-order chi connectivity index (χ1) is 9.60. The van der Waals surface area contributed by atoms with E-state index in [0.29, 0.717) is 24.4 Å². The van der Waals surface area contributed by atoms with Gasteiger partial charge in [-0.25, -0.2) is 0 Å². The van der Waals surface area contributed by atoms with Gasteiger partial charge in [-0.3, -0.25) is 13.9 Å². The van der Waals surface area contributed by atoms with Crippen LogP contribution in [0.4, 0.5) is 0 Å². The molecule has 1 fully saturated rings. The van der Waals surface area contributed by atoms with E-state index in [4.69, 9.17) is 9.05 Å². The number of rotatable bonds is 6. The van der Waals surface area contributed by atoms with Crippen molar-refractivity contribution in [2.75, 3.05) is 13.3 Å². The number of carbonyl (C=O) groups is 1. The molecular formula is C16H31O4P. The highest BCUT2D eigenvalue weighted by molar-refractivity contribution is 7.53. The molecule has 0 N–H and O–H groups in total. The van der Waals surface area contributed by atoms with Crippen LogP contribution < -0.4 is 0 Å². The maximum absolute atomic E-state index is 12.5. The first-order valence-electron chi connectivity index (χ1n) is 8.04. The molecule has 0 aliphatic heterocycles. The average molecular weight is 318 g/mol. The van der Waals surface area contributed by atoms with Gasteiger partial charge in [-0.2, -0.15) is 0 Å². The van der Waals surface area contributed by atoms with Crippen LogP contribution in [0.2, 0.25) is 0 Å². The minimum absolute atomic E-state index is 0.0577. The molecule has 0 spiro atoms. The Hall–Kier alpha value is -0.180.